The number of aryl methyl sites for hydroxylation is 1. The van der Waals surface area contributed by atoms with E-state index in [1.54, 1.807) is 32.2 Å². The van der Waals surface area contributed by atoms with Gasteiger partial charge < -0.3 is 20.1 Å². The van der Waals surface area contributed by atoms with Crippen molar-refractivity contribution in [3.63, 3.8) is 0 Å². The number of rotatable bonds is 5. The van der Waals surface area contributed by atoms with Crippen LogP contribution >= 0.6 is 0 Å². The van der Waals surface area contributed by atoms with E-state index in [2.05, 4.69) is 20.3 Å². The van der Waals surface area contributed by atoms with Gasteiger partial charge in [-0.2, -0.15) is 0 Å². The highest BCUT2D eigenvalue weighted by atomic mass is 16.5. The van der Waals surface area contributed by atoms with E-state index in [-0.39, 0.29) is 11.3 Å². The second-order valence-corrected chi connectivity index (χ2v) is 5.88. The van der Waals surface area contributed by atoms with Gasteiger partial charge >= 0.3 is 0 Å². The molecule has 0 saturated carbocycles. The lowest BCUT2D eigenvalue weighted by atomic mass is 10.2. The normalized spacial score (nSPS) is 10.6. The third-order valence-electron chi connectivity index (χ3n) is 4.19. The molecule has 3 aromatic rings. The quantitative estimate of drug-likeness (QED) is 0.653. The van der Waals surface area contributed by atoms with Crippen LogP contribution in [0.5, 0.6) is 11.5 Å². The minimum absolute atomic E-state index is 0.107. The van der Waals surface area contributed by atoms with Crippen LogP contribution in [0.3, 0.4) is 0 Å². The largest absolute Gasteiger partial charge is 0.504 e. The predicted octanol–water partition coefficient (Wildman–Crippen LogP) is 2.78. The van der Waals surface area contributed by atoms with Crippen molar-refractivity contribution in [2.75, 3.05) is 12.4 Å². The van der Waals surface area contributed by atoms with Crippen molar-refractivity contribution in [3.05, 3.63) is 63.7 Å². The highest BCUT2D eigenvalue weighted by molar-refractivity contribution is 5.56. The Kier molecular flexibility index (Phi) is 4.88. The average molecular weight is 352 g/mol. The SMILES string of the molecule is COc1cccc(CNc2ccc(-c3nc(C)c(C)c(=O)[nH]3)cn2)c1O. The Morgan fingerprint density at radius 2 is 2.04 bits per heavy atom. The smallest absolute Gasteiger partial charge is 0.254 e. The first-order valence-electron chi connectivity index (χ1n) is 8.12. The van der Waals surface area contributed by atoms with Crippen LogP contribution in [0.1, 0.15) is 16.8 Å². The van der Waals surface area contributed by atoms with Gasteiger partial charge in [0.1, 0.15) is 11.6 Å². The summed E-state index contributed by atoms with van der Waals surface area (Å²) in [5.41, 5.74) is 2.58. The number of aromatic hydroxyl groups is 1. The second-order valence-electron chi connectivity index (χ2n) is 5.88. The molecule has 0 radical (unpaired) electrons. The molecule has 0 saturated heterocycles. The van der Waals surface area contributed by atoms with Crippen LogP contribution in [0.15, 0.2) is 41.3 Å². The Bertz CT molecular complexity index is 981. The number of hydrogen-bond acceptors (Lipinski definition) is 6. The number of aromatic nitrogens is 3. The summed E-state index contributed by atoms with van der Waals surface area (Å²) in [6.07, 6.45) is 1.64. The van der Waals surface area contributed by atoms with E-state index < -0.39 is 0 Å². The lowest BCUT2D eigenvalue weighted by Crippen LogP contribution is -2.14. The molecular formula is C19H20N4O3. The van der Waals surface area contributed by atoms with E-state index in [9.17, 15) is 9.90 Å². The summed E-state index contributed by atoms with van der Waals surface area (Å²) in [6, 6.07) is 8.94. The lowest BCUT2D eigenvalue weighted by Gasteiger charge is -2.10. The van der Waals surface area contributed by atoms with Gasteiger partial charge in [-0.1, -0.05) is 12.1 Å². The van der Waals surface area contributed by atoms with Gasteiger partial charge in [-0.3, -0.25) is 4.79 Å². The zero-order valence-electron chi connectivity index (χ0n) is 14.8. The maximum absolute atomic E-state index is 11.9. The molecule has 2 aromatic heterocycles. The Hall–Kier alpha value is -3.35. The van der Waals surface area contributed by atoms with Crippen LogP contribution in [0, 0.1) is 13.8 Å². The van der Waals surface area contributed by atoms with Gasteiger partial charge in [-0.15, -0.1) is 0 Å². The lowest BCUT2D eigenvalue weighted by molar-refractivity contribution is 0.371. The fourth-order valence-electron chi connectivity index (χ4n) is 2.48. The minimum Gasteiger partial charge on any atom is -0.504 e. The highest BCUT2D eigenvalue weighted by Gasteiger charge is 2.09. The fraction of sp³-hybridized carbons (Fsp3) is 0.211. The minimum atomic E-state index is -0.150. The summed E-state index contributed by atoms with van der Waals surface area (Å²) in [5.74, 6) is 1.66. The highest BCUT2D eigenvalue weighted by Crippen LogP contribution is 2.29. The van der Waals surface area contributed by atoms with Crippen LogP contribution in [-0.4, -0.2) is 27.2 Å². The molecule has 0 bridgehead atoms. The maximum atomic E-state index is 11.9. The zero-order chi connectivity index (χ0) is 18.7. The number of phenols is 1. The molecular weight excluding hydrogens is 332 g/mol. The summed E-state index contributed by atoms with van der Waals surface area (Å²) in [4.78, 5) is 23.4. The summed E-state index contributed by atoms with van der Waals surface area (Å²) in [6.45, 7) is 3.94. The molecule has 134 valence electrons. The first-order chi connectivity index (χ1) is 12.5. The topological polar surface area (TPSA) is 100 Å². The van der Waals surface area contributed by atoms with E-state index in [4.69, 9.17) is 4.74 Å². The van der Waals surface area contributed by atoms with Crippen molar-refractivity contribution >= 4 is 5.82 Å². The summed E-state index contributed by atoms with van der Waals surface area (Å²) in [7, 11) is 1.51. The number of anilines is 1. The third-order valence-corrected chi connectivity index (χ3v) is 4.19. The Labute approximate surface area is 150 Å². The van der Waals surface area contributed by atoms with Gasteiger partial charge in [-0.05, 0) is 32.0 Å². The van der Waals surface area contributed by atoms with Crippen molar-refractivity contribution in [1.82, 2.24) is 15.0 Å². The van der Waals surface area contributed by atoms with Gasteiger partial charge in [0.25, 0.3) is 5.56 Å². The monoisotopic (exact) mass is 352 g/mol. The zero-order valence-corrected chi connectivity index (χ0v) is 14.8. The number of ether oxygens (including phenoxy) is 1. The molecule has 0 fully saturated rings. The van der Waals surface area contributed by atoms with Gasteiger partial charge in [0, 0.05) is 35.1 Å². The van der Waals surface area contributed by atoms with Crippen molar-refractivity contribution < 1.29 is 9.84 Å². The van der Waals surface area contributed by atoms with Crippen LogP contribution in [-0.2, 0) is 6.54 Å². The molecule has 0 aliphatic rings. The van der Waals surface area contributed by atoms with Crippen LogP contribution in [0.4, 0.5) is 5.82 Å². The molecule has 2 heterocycles. The van der Waals surface area contributed by atoms with Gasteiger partial charge in [0.15, 0.2) is 11.5 Å². The molecule has 3 N–H and O–H groups in total. The Morgan fingerprint density at radius 1 is 1.23 bits per heavy atom. The molecule has 26 heavy (non-hydrogen) atoms. The van der Waals surface area contributed by atoms with Gasteiger partial charge in [0.2, 0.25) is 0 Å². The van der Waals surface area contributed by atoms with Crippen molar-refractivity contribution in [3.8, 4) is 22.9 Å². The third kappa shape index (κ3) is 3.51. The van der Waals surface area contributed by atoms with E-state index >= 15 is 0 Å². The number of nitrogens with one attached hydrogen (secondary N) is 2. The Balaban J connectivity index is 1.75. The fourth-order valence-corrected chi connectivity index (χ4v) is 2.48. The number of pyridine rings is 1. The van der Waals surface area contributed by atoms with Crippen molar-refractivity contribution in [2.45, 2.75) is 20.4 Å². The van der Waals surface area contributed by atoms with E-state index in [0.29, 0.717) is 40.8 Å². The molecule has 0 amide bonds. The first kappa shape index (κ1) is 17.5. The molecule has 0 spiro atoms. The molecule has 3 rings (SSSR count). The number of methoxy groups -OCH3 is 1. The molecule has 1 aromatic carbocycles. The number of hydrogen-bond donors (Lipinski definition) is 3. The molecule has 0 atom stereocenters. The first-order valence-corrected chi connectivity index (χ1v) is 8.12. The number of phenolic OH excluding ortho intramolecular Hbond substituents is 1. The predicted molar refractivity (Wildman–Crippen MR) is 99.5 cm³/mol. The van der Waals surface area contributed by atoms with Crippen LogP contribution in [0.25, 0.3) is 11.4 Å². The summed E-state index contributed by atoms with van der Waals surface area (Å²) >= 11 is 0. The Morgan fingerprint density at radius 3 is 2.69 bits per heavy atom. The summed E-state index contributed by atoms with van der Waals surface area (Å²) < 4.78 is 5.10. The number of aromatic amines is 1. The van der Waals surface area contributed by atoms with Crippen molar-refractivity contribution in [1.29, 1.82) is 0 Å². The van der Waals surface area contributed by atoms with Gasteiger partial charge in [-0.25, -0.2) is 9.97 Å². The van der Waals surface area contributed by atoms with E-state index in [1.165, 1.54) is 7.11 Å². The van der Waals surface area contributed by atoms with E-state index in [1.807, 2.05) is 18.2 Å². The molecule has 0 unspecified atom stereocenters. The molecule has 0 aliphatic heterocycles. The van der Waals surface area contributed by atoms with E-state index in [0.717, 1.165) is 5.56 Å². The molecule has 7 nitrogen and oxygen atoms in total. The van der Waals surface area contributed by atoms with Gasteiger partial charge in [0.05, 0.1) is 7.11 Å². The number of nitrogens with zero attached hydrogens (tertiary/aromatic N) is 2. The summed E-state index contributed by atoms with van der Waals surface area (Å²) in [5, 5.41) is 13.3. The number of benzene rings is 1. The van der Waals surface area contributed by atoms with Crippen LogP contribution in [0.2, 0.25) is 0 Å². The van der Waals surface area contributed by atoms with Crippen molar-refractivity contribution in [2.24, 2.45) is 0 Å². The number of H-pyrrole nitrogens is 1. The standard InChI is InChI=1S/C19H20N4O3/c1-11-12(2)22-18(23-19(11)25)14-7-8-16(21-10-14)20-9-13-5-4-6-15(26-3)17(13)24/h4-8,10,24H,9H2,1-3H3,(H,20,21)(H,22,23,25). The maximum Gasteiger partial charge on any atom is 0.254 e. The second kappa shape index (κ2) is 7.26. The van der Waals surface area contributed by atoms with Crippen LogP contribution < -0.4 is 15.6 Å². The number of para-hydroxylation sites is 1. The molecule has 0 aliphatic carbocycles. The molecule has 7 heteroatoms. The average Bonchev–Trinajstić information content (AvgIpc) is 2.65.